The zero-order chi connectivity index (χ0) is 17.2. The Hall–Kier alpha value is -3.14. The molecule has 0 fully saturated rings. The zero-order valence-electron chi connectivity index (χ0n) is 14.3. The Morgan fingerprint density at radius 1 is 0.960 bits per heavy atom. The number of fused-ring (bicyclic) bond motifs is 1. The number of aryl methyl sites for hydroxylation is 1. The number of pyridine rings is 1. The van der Waals surface area contributed by atoms with Gasteiger partial charge < -0.3 is 4.74 Å². The molecule has 25 heavy (non-hydrogen) atoms. The average molecular weight is 329 g/mol. The van der Waals surface area contributed by atoms with Crippen molar-refractivity contribution in [1.29, 1.82) is 0 Å². The summed E-state index contributed by atoms with van der Waals surface area (Å²) >= 11 is 0. The van der Waals surface area contributed by atoms with Crippen LogP contribution in [-0.4, -0.2) is 21.9 Å². The molecular weight excluding hydrogens is 310 g/mol. The van der Waals surface area contributed by atoms with Gasteiger partial charge in [-0.05, 0) is 36.2 Å². The molecule has 2 aromatic heterocycles. The molecule has 0 aliphatic heterocycles. The van der Waals surface area contributed by atoms with E-state index in [9.17, 15) is 0 Å². The number of ether oxygens (including phenoxy) is 1. The van der Waals surface area contributed by atoms with E-state index >= 15 is 0 Å². The molecule has 4 nitrogen and oxygen atoms in total. The number of rotatable bonds is 4. The minimum atomic E-state index is 0.687. The van der Waals surface area contributed by atoms with Crippen LogP contribution in [0.1, 0.15) is 11.3 Å². The molecule has 0 radical (unpaired) electrons. The van der Waals surface area contributed by atoms with Crippen molar-refractivity contribution in [3.63, 3.8) is 0 Å². The first-order chi connectivity index (χ1) is 12.2. The molecule has 0 N–H and O–H groups in total. The highest BCUT2D eigenvalue weighted by Gasteiger charge is 2.11. The van der Waals surface area contributed by atoms with E-state index in [0.717, 1.165) is 28.0 Å². The minimum absolute atomic E-state index is 0.687. The Bertz CT molecular complexity index is 1000. The van der Waals surface area contributed by atoms with Crippen LogP contribution < -0.4 is 4.74 Å². The molecule has 0 amide bonds. The lowest BCUT2D eigenvalue weighted by atomic mass is 10.1. The van der Waals surface area contributed by atoms with Crippen molar-refractivity contribution in [3.05, 3.63) is 78.1 Å². The zero-order valence-corrected chi connectivity index (χ0v) is 14.3. The molecule has 0 bridgehead atoms. The molecule has 0 saturated heterocycles. The van der Waals surface area contributed by atoms with Gasteiger partial charge in [0.2, 0.25) is 0 Å². The summed E-state index contributed by atoms with van der Waals surface area (Å²) in [4.78, 5) is 4.68. The first-order valence-corrected chi connectivity index (χ1v) is 8.26. The number of benzene rings is 2. The van der Waals surface area contributed by atoms with Gasteiger partial charge in [-0.25, -0.2) is 9.67 Å². The minimum Gasteiger partial charge on any atom is -0.497 e. The summed E-state index contributed by atoms with van der Waals surface area (Å²) in [6.07, 6.45) is 1.92. The molecule has 4 rings (SSSR count). The van der Waals surface area contributed by atoms with Gasteiger partial charge in [-0.3, -0.25) is 0 Å². The number of nitrogens with zero attached hydrogens (tertiary/aromatic N) is 3. The van der Waals surface area contributed by atoms with Crippen molar-refractivity contribution in [2.75, 3.05) is 7.11 Å². The van der Waals surface area contributed by atoms with E-state index in [0.29, 0.717) is 6.54 Å². The van der Waals surface area contributed by atoms with Gasteiger partial charge in [0.1, 0.15) is 5.75 Å². The molecule has 0 aliphatic rings. The maximum Gasteiger partial charge on any atom is 0.158 e. The van der Waals surface area contributed by atoms with Crippen molar-refractivity contribution in [2.45, 2.75) is 13.5 Å². The van der Waals surface area contributed by atoms with Gasteiger partial charge in [0.05, 0.1) is 19.3 Å². The van der Waals surface area contributed by atoms with E-state index in [2.05, 4.69) is 40.4 Å². The van der Waals surface area contributed by atoms with Crippen LogP contribution in [0.2, 0.25) is 0 Å². The largest absolute Gasteiger partial charge is 0.497 e. The summed E-state index contributed by atoms with van der Waals surface area (Å²) in [5.41, 5.74) is 5.35. The van der Waals surface area contributed by atoms with E-state index in [1.54, 1.807) is 7.11 Å². The summed E-state index contributed by atoms with van der Waals surface area (Å²) in [7, 11) is 1.67. The number of methoxy groups -OCH3 is 1. The van der Waals surface area contributed by atoms with E-state index < -0.39 is 0 Å². The van der Waals surface area contributed by atoms with Crippen molar-refractivity contribution in [3.8, 4) is 16.9 Å². The van der Waals surface area contributed by atoms with Gasteiger partial charge in [0.15, 0.2) is 5.65 Å². The fourth-order valence-electron chi connectivity index (χ4n) is 3.01. The third-order valence-electron chi connectivity index (χ3n) is 4.37. The van der Waals surface area contributed by atoms with Crippen molar-refractivity contribution in [1.82, 2.24) is 14.8 Å². The first-order valence-electron chi connectivity index (χ1n) is 8.26. The maximum absolute atomic E-state index is 5.21. The molecule has 2 aromatic carbocycles. The summed E-state index contributed by atoms with van der Waals surface area (Å²) in [6.45, 7) is 2.72. The third kappa shape index (κ3) is 2.98. The van der Waals surface area contributed by atoms with Gasteiger partial charge in [-0.2, -0.15) is 5.10 Å². The van der Waals surface area contributed by atoms with Crippen LogP contribution >= 0.6 is 0 Å². The van der Waals surface area contributed by atoms with Crippen LogP contribution in [0.3, 0.4) is 0 Å². The molecule has 0 aliphatic carbocycles. The van der Waals surface area contributed by atoms with Gasteiger partial charge in [-0.1, -0.05) is 42.5 Å². The van der Waals surface area contributed by atoms with Crippen molar-refractivity contribution >= 4 is 11.0 Å². The van der Waals surface area contributed by atoms with Crippen LogP contribution in [-0.2, 0) is 6.54 Å². The van der Waals surface area contributed by atoms with E-state index in [1.165, 1.54) is 11.1 Å². The standard InChI is InChI=1S/C21H19N3O/c1-15-20-12-18(17-6-4-3-5-7-17)13-22-21(20)24(23-15)14-16-8-10-19(25-2)11-9-16/h3-13H,14H2,1-2H3. The van der Waals surface area contributed by atoms with Crippen LogP contribution in [0.4, 0.5) is 0 Å². The first kappa shape index (κ1) is 15.4. The SMILES string of the molecule is COc1ccc(Cn2nc(C)c3cc(-c4ccccc4)cnc32)cc1. The van der Waals surface area contributed by atoms with Gasteiger partial charge in [-0.15, -0.1) is 0 Å². The van der Waals surface area contributed by atoms with E-state index in [4.69, 9.17) is 4.74 Å². The second-order valence-electron chi connectivity index (χ2n) is 6.05. The molecule has 0 atom stereocenters. The van der Waals surface area contributed by atoms with E-state index in [1.807, 2.05) is 48.1 Å². The number of hydrogen-bond donors (Lipinski definition) is 0. The van der Waals surface area contributed by atoms with Crippen LogP contribution in [0, 0.1) is 6.92 Å². The molecule has 0 spiro atoms. The summed E-state index contributed by atoms with van der Waals surface area (Å²) < 4.78 is 7.17. The highest BCUT2D eigenvalue weighted by atomic mass is 16.5. The average Bonchev–Trinajstić information content (AvgIpc) is 2.98. The van der Waals surface area contributed by atoms with Crippen molar-refractivity contribution in [2.24, 2.45) is 0 Å². The lowest BCUT2D eigenvalue weighted by Crippen LogP contribution is -2.02. The lowest BCUT2D eigenvalue weighted by Gasteiger charge is -2.06. The summed E-state index contributed by atoms with van der Waals surface area (Å²) in [6, 6.07) is 20.5. The van der Waals surface area contributed by atoms with Crippen LogP contribution in [0.25, 0.3) is 22.2 Å². The monoisotopic (exact) mass is 329 g/mol. The van der Waals surface area contributed by atoms with E-state index in [-0.39, 0.29) is 0 Å². The molecule has 2 heterocycles. The quantitative estimate of drug-likeness (QED) is 0.555. The summed E-state index contributed by atoms with van der Waals surface area (Å²) in [5, 5.41) is 5.78. The molecule has 4 heteroatoms. The summed E-state index contributed by atoms with van der Waals surface area (Å²) in [5.74, 6) is 0.857. The predicted octanol–water partition coefficient (Wildman–Crippen LogP) is 4.46. The number of hydrogen-bond acceptors (Lipinski definition) is 3. The smallest absolute Gasteiger partial charge is 0.158 e. The highest BCUT2D eigenvalue weighted by Crippen LogP contribution is 2.25. The van der Waals surface area contributed by atoms with Gasteiger partial charge >= 0.3 is 0 Å². The molecule has 4 aromatic rings. The lowest BCUT2D eigenvalue weighted by molar-refractivity contribution is 0.414. The predicted molar refractivity (Wildman–Crippen MR) is 99.8 cm³/mol. The second kappa shape index (κ2) is 6.40. The van der Waals surface area contributed by atoms with Gasteiger partial charge in [0.25, 0.3) is 0 Å². The van der Waals surface area contributed by atoms with Crippen molar-refractivity contribution < 1.29 is 4.74 Å². The Labute approximate surface area is 146 Å². The maximum atomic E-state index is 5.21. The van der Waals surface area contributed by atoms with Crippen LogP contribution in [0.15, 0.2) is 66.9 Å². The Morgan fingerprint density at radius 3 is 2.44 bits per heavy atom. The third-order valence-corrected chi connectivity index (χ3v) is 4.37. The fourth-order valence-corrected chi connectivity index (χ4v) is 3.01. The second-order valence-corrected chi connectivity index (χ2v) is 6.05. The Balaban J connectivity index is 1.71. The van der Waals surface area contributed by atoms with Crippen LogP contribution in [0.5, 0.6) is 5.75 Å². The van der Waals surface area contributed by atoms with Gasteiger partial charge in [0, 0.05) is 17.1 Å². The Morgan fingerprint density at radius 2 is 1.72 bits per heavy atom. The normalized spacial score (nSPS) is 11.0. The molecule has 0 saturated carbocycles. The fraction of sp³-hybridized carbons (Fsp3) is 0.143. The molecular formula is C21H19N3O. The topological polar surface area (TPSA) is 39.9 Å². The molecule has 124 valence electrons. The highest BCUT2D eigenvalue weighted by molar-refractivity contribution is 5.83. The number of aromatic nitrogens is 3. The molecule has 0 unspecified atom stereocenters. The Kier molecular flexibility index (Phi) is 3.94.